The van der Waals surface area contributed by atoms with Crippen molar-refractivity contribution >= 4 is 34.8 Å². The van der Waals surface area contributed by atoms with Gasteiger partial charge in [0.25, 0.3) is 11.8 Å². The molecule has 0 bridgehead atoms. The lowest BCUT2D eigenvalue weighted by molar-refractivity contribution is 0.102. The second-order valence-electron chi connectivity index (χ2n) is 6.29. The van der Waals surface area contributed by atoms with Gasteiger partial charge >= 0.3 is 0 Å². The van der Waals surface area contributed by atoms with Crippen molar-refractivity contribution in [3.63, 3.8) is 0 Å². The molecular formula is C21H17ClFN3O2. The number of halogens is 2. The summed E-state index contributed by atoms with van der Waals surface area (Å²) in [5.74, 6) is -1.44. The van der Waals surface area contributed by atoms with Crippen LogP contribution in [0.2, 0.25) is 5.02 Å². The van der Waals surface area contributed by atoms with Crippen molar-refractivity contribution in [1.29, 1.82) is 0 Å². The van der Waals surface area contributed by atoms with E-state index in [9.17, 15) is 14.0 Å². The summed E-state index contributed by atoms with van der Waals surface area (Å²) in [5, 5.41) is 5.74. The number of aromatic nitrogens is 1. The fraction of sp³-hybridized carbons (Fsp3) is 0.0952. The quantitative estimate of drug-likeness (QED) is 0.651. The van der Waals surface area contributed by atoms with Crippen LogP contribution in [0.15, 0.2) is 54.7 Å². The number of nitrogens with one attached hydrogen (secondary N) is 2. The average molecular weight is 398 g/mol. The van der Waals surface area contributed by atoms with E-state index in [-0.39, 0.29) is 11.3 Å². The Bertz CT molecular complexity index is 1050. The molecule has 1 aromatic heterocycles. The van der Waals surface area contributed by atoms with Gasteiger partial charge in [-0.25, -0.2) is 4.39 Å². The number of anilines is 2. The summed E-state index contributed by atoms with van der Waals surface area (Å²) in [6, 6.07) is 12.0. The number of pyridine rings is 1. The second kappa shape index (κ2) is 8.19. The van der Waals surface area contributed by atoms with Crippen LogP contribution >= 0.6 is 11.6 Å². The molecule has 0 spiro atoms. The number of carbonyl (C=O) groups excluding carboxylic acids is 2. The molecule has 5 nitrogen and oxygen atoms in total. The van der Waals surface area contributed by atoms with Gasteiger partial charge in [0.1, 0.15) is 11.5 Å². The minimum absolute atomic E-state index is 0.0311. The summed E-state index contributed by atoms with van der Waals surface area (Å²) in [4.78, 5) is 28.9. The number of carbonyl (C=O) groups is 2. The van der Waals surface area contributed by atoms with E-state index in [2.05, 4.69) is 15.6 Å². The van der Waals surface area contributed by atoms with E-state index in [1.165, 1.54) is 36.5 Å². The SMILES string of the molecule is Cc1cc(C)c(NC(=O)c2ccnc(C(=O)Nc3cccc(F)c3)c2)c(Cl)c1. The van der Waals surface area contributed by atoms with E-state index in [1.54, 1.807) is 12.1 Å². The van der Waals surface area contributed by atoms with Crippen LogP contribution in [0.4, 0.5) is 15.8 Å². The van der Waals surface area contributed by atoms with Crippen LogP contribution in [-0.2, 0) is 0 Å². The normalized spacial score (nSPS) is 10.4. The zero-order valence-corrected chi connectivity index (χ0v) is 16.0. The maximum absolute atomic E-state index is 13.3. The van der Waals surface area contributed by atoms with Crippen LogP contribution in [0, 0.1) is 19.7 Å². The average Bonchev–Trinajstić information content (AvgIpc) is 2.64. The molecule has 2 amide bonds. The zero-order valence-electron chi connectivity index (χ0n) is 15.2. The highest BCUT2D eigenvalue weighted by Crippen LogP contribution is 2.27. The maximum Gasteiger partial charge on any atom is 0.274 e. The number of nitrogens with zero attached hydrogens (tertiary/aromatic N) is 1. The van der Waals surface area contributed by atoms with Crippen LogP contribution in [0.3, 0.4) is 0 Å². The van der Waals surface area contributed by atoms with Gasteiger partial charge < -0.3 is 10.6 Å². The molecule has 3 rings (SSSR count). The van der Waals surface area contributed by atoms with Gasteiger partial charge in [0.15, 0.2) is 0 Å². The summed E-state index contributed by atoms with van der Waals surface area (Å²) in [6.07, 6.45) is 1.36. The highest BCUT2D eigenvalue weighted by atomic mass is 35.5. The van der Waals surface area contributed by atoms with Crippen molar-refractivity contribution in [3.05, 3.63) is 88.0 Å². The van der Waals surface area contributed by atoms with E-state index in [4.69, 9.17) is 11.6 Å². The van der Waals surface area contributed by atoms with E-state index >= 15 is 0 Å². The summed E-state index contributed by atoms with van der Waals surface area (Å²) < 4.78 is 13.3. The number of amides is 2. The third kappa shape index (κ3) is 4.53. The predicted octanol–water partition coefficient (Wildman–Crippen LogP) is 5.00. The van der Waals surface area contributed by atoms with Crippen LogP contribution < -0.4 is 10.6 Å². The van der Waals surface area contributed by atoms with Crippen molar-refractivity contribution in [2.24, 2.45) is 0 Å². The van der Waals surface area contributed by atoms with Gasteiger partial charge in [-0.15, -0.1) is 0 Å². The fourth-order valence-corrected chi connectivity index (χ4v) is 3.09. The van der Waals surface area contributed by atoms with Gasteiger partial charge in [-0.05, 0) is 61.4 Å². The molecule has 2 N–H and O–H groups in total. The lowest BCUT2D eigenvalue weighted by Crippen LogP contribution is -2.17. The number of hydrogen-bond acceptors (Lipinski definition) is 3. The first kappa shape index (κ1) is 19.5. The molecule has 0 saturated heterocycles. The molecule has 1 heterocycles. The standard InChI is InChI=1S/C21H17ClFN3O2/c1-12-8-13(2)19(17(22)9-12)26-20(27)14-6-7-24-18(10-14)21(28)25-16-5-3-4-15(23)11-16/h3-11H,1-2H3,(H,25,28)(H,26,27). The smallest absolute Gasteiger partial charge is 0.274 e. The predicted molar refractivity (Wildman–Crippen MR) is 107 cm³/mol. The number of aryl methyl sites for hydroxylation is 2. The highest BCUT2D eigenvalue weighted by molar-refractivity contribution is 6.34. The van der Waals surface area contributed by atoms with Gasteiger partial charge in [-0.2, -0.15) is 0 Å². The third-order valence-electron chi connectivity index (χ3n) is 4.01. The maximum atomic E-state index is 13.3. The molecule has 0 saturated carbocycles. The van der Waals surface area contributed by atoms with E-state index in [1.807, 2.05) is 19.9 Å². The molecular weight excluding hydrogens is 381 g/mol. The third-order valence-corrected chi connectivity index (χ3v) is 4.31. The summed E-state index contributed by atoms with van der Waals surface area (Å²) in [7, 11) is 0. The first-order valence-corrected chi connectivity index (χ1v) is 8.82. The van der Waals surface area contributed by atoms with Crippen molar-refractivity contribution in [3.8, 4) is 0 Å². The molecule has 2 aromatic carbocycles. The van der Waals surface area contributed by atoms with Crippen LogP contribution in [-0.4, -0.2) is 16.8 Å². The molecule has 7 heteroatoms. The topological polar surface area (TPSA) is 71.1 Å². The Hall–Kier alpha value is -3.25. The van der Waals surface area contributed by atoms with E-state index < -0.39 is 17.6 Å². The zero-order chi connectivity index (χ0) is 20.3. The highest BCUT2D eigenvalue weighted by Gasteiger charge is 2.15. The van der Waals surface area contributed by atoms with Crippen molar-refractivity contribution in [1.82, 2.24) is 4.98 Å². The first-order chi connectivity index (χ1) is 13.3. The van der Waals surface area contributed by atoms with Crippen molar-refractivity contribution in [2.75, 3.05) is 10.6 Å². The van der Waals surface area contributed by atoms with E-state index in [0.29, 0.717) is 16.4 Å². The number of hydrogen-bond donors (Lipinski definition) is 2. The molecule has 28 heavy (non-hydrogen) atoms. The Morgan fingerprint density at radius 2 is 1.79 bits per heavy atom. The molecule has 3 aromatic rings. The van der Waals surface area contributed by atoms with Crippen LogP contribution in [0.1, 0.15) is 32.0 Å². The summed E-state index contributed by atoms with van der Waals surface area (Å²) in [6.45, 7) is 3.76. The molecule has 0 aliphatic carbocycles. The molecule has 142 valence electrons. The largest absolute Gasteiger partial charge is 0.321 e. The van der Waals surface area contributed by atoms with E-state index in [0.717, 1.165) is 11.1 Å². The Labute approximate surface area is 166 Å². The minimum atomic E-state index is -0.551. The fourth-order valence-electron chi connectivity index (χ4n) is 2.72. The monoisotopic (exact) mass is 397 g/mol. The summed E-state index contributed by atoms with van der Waals surface area (Å²) >= 11 is 6.23. The molecule has 0 unspecified atom stereocenters. The molecule has 0 aliphatic rings. The van der Waals surface area contributed by atoms with Gasteiger partial charge in [0.05, 0.1) is 10.7 Å². The Morgan fingerprint density at radius 3 is 2.50 bits per heavy atom. The Morgan fingerprint density at radius 1 is 1.00 bits per heavy atom. The number of rotatable bonds is 4. The van der Waals surface area contributed by atoms with Crippen molar-refractivity contribution < 1.29 is 14.0 Å². The Kier molecular flexibility index (Phi) is 5.70. The molecule has 0 radical (unpaired) electrons. The lowest BCUT2D eigenvalue weighted by Gasteiger charge is -2.12. The second-order valence-corrected chi connectivity index (χ2v) is 6.69. The van der Waals surface area contributed by atoms with Gasteiger partial charge in [-0.1, -0.05) is 23.7 Å². The molecule has 0 atom stereocenters. The van der Waals surface area contributed by atoms with Gasteiger partial charge in [0, 0.05) is 17.4 Å². The minimum Gasteiger partial charge on any atom is -0.321 e. The lowest BCUT2D eigenvalue weighted by atomic mass is 10.1. The van der Waals surface area contributed by atoms with Gasteiger partial charge in [-0.3, -0.25) is 14.6 Å². The molecule has 0 aliphatic heterocycles. The van der Waals surface area contributed by atoms with Crippen molar-refractivity contribution in [2.45, 2.75) is 13.8 Å². The molecule has 0 fully saturated rings. The summed E-state index contributed by atoms with van der Waals surface area (Å²) in [5.41, 5.74) is 2.90. The van der Waals surface area contributed by atoms with Crippen LogP contribution in [0.25, 0.3) is 0 Å². The first-order valence-electron chi connectivity index (χ1n) is 8.44. The van der Waals surface area contributed by atoms with Gasteiger partial charge in [0.2, 0.25) is 0 Å². The Balaban J connectivity index is 1.79. The number of benzene rings is 2. The van der Waals surface area contributed by atoms with Crippen LogP contribution in [0.5, 0.6) is 0 Å².